The molecule has 1 N–H and O–H groups in total. The molecular formula is C16H15F3N2OS. The number of benzene rings is 1. The first-order valence-corrected chi connectivity index (χ1v) is 8.09. The Morgan fingerprint density at radius 3 is 2.83 bits per heavy atom. The molecule has 2 heterocycles. The Balaban J connectivity index is 1.70. The highest BCUT2D eigenvalue weighted by Gasteiger charge is 2.27. The van der Waals surface area contributed by atoms with Crippen LogP contribution < -0.4 is 5.32 Å². The maximum absolute atomic E-state index is 13.6. The highest BCUT2D eigenvalue weighted by molar-refractivity contribution is 7.10. The number of hydrogen-bond donors (Lipinski definition) is 1. The Morgan fingerprint density at radius 1 is 1.26 bits per heavy atom. The van der Waals surface area contributed by atoms with Crippen molar-refractivity contribution in [2.24, 2.45) is 0 Å². The molecule has 3 rings (SSSR count). The molecule has 122 valence electrons. The number of hydrogen-bond acceptors (Lipinski definition) is 3. The molecule has 1 aromatic carbocycles. The molecule has 1 aliphatic rings. The Hall–Kier alpha value is -1.86. The molecule has 0 radical (unpaired) electrons. The summed E-state index contributed by atoms with van der Waals surface area (Å²) < 4.78 is 39.8. The summed E-state index contributed by atoms with van der Waals surface area (Å²) in [7, 11) is 0. The van der Waals surface area contributed by atoms with E-state index >= 15 is 0 Å². The number of thiophene rings is 1. The quantitative estimate of drug-likeness (QED) is 0.867. The Kier molecular flexibility index (Phi) is 4.41. The minimum absolute atomic E-state index is 0.353. The normalized spacial score (nSPS) is 16.0. The zero-order chi connectivity index (χ0) is 16.6. The van der Waals surface area contributed by atoms with Crippen molar-refractivity contribution in [2.75, 3.05) is 11.9 Å². The molecule has 1 aromatic heterocycles. The van der Waals surface area contributed by atoms with E-state index in [4.69, 9.17) is 0 Å². The van der Waals surface area contributed by atoms with Crippen LogP contribution in [0.4, 0.5) is 18.9 Å². The van der Waals surface area contributed by atoms with E-state index < -0.39 is 29.4 Å². The Morgan fingerprint density at radius 2 is 2.04 bits per heavy atom. The summed E-state index contributed by atoms with van der Waals surface area (Å²) >= 11 is 1.70. The Labute approximate surface area is 135 Å². The van der Waals surface area contributed by atoms with E-state index in [1.807, 2.05) is 16.3 Å². The molecule has 2 aromatic rings. The molecule has 0 saturated carbocycles. The van der Waals surface area contributed by atoms with E-state index in [0.717, 1.165) is 25.1 Å². The van der Waals surface area contributed by atoms with Crippen molar-refractivity contribution in [2.45, 2.75) is 25.9 Å². The number of nitrogens with one attached hydrogen (secondary N) is 1. The second-order valence-corrected chi connectivity index (χ2v) is 6.48. The van der Waals surface area contributed by atoms with Gasteiger partial charge in [0.2, 0.25) is 5.91 Å². The van der Waals surface area contributed by atoms with E-state index in [1.165, 1.54) is 10.4 Å². The summed E-state index contributed by atoms with van der Waals surface area (Å²) in [4.78, 5) is 15.6. The minimum atomic E-state index is -1.59. The lowest BCUT2D eigenvalue weighted by atomic mass is 10.1. The third kappa shape index (κ3) is 3.11. The van der Waals surface area contributed by atoms with Crippen LogP contribution in [-0.4, -0.2) is 23.4 Å². The summed E-state index contributed by atoms with van der Waals surface area (Å²) in [5.74, 6) is -4.70. The maximum Gasteiger partial charge on any atom is 0.241 e. The average molecular weight is 340 g/mol. The molecule has 1 atom stereocenters. The second kappa shape index (κ2) is 6.33. The molecule has 0 aliphatic carbocycles. The Bertz CT molecular complexity index is 747. The fourth-order valence-electron chi connectivity index (χ4n) is 2.63. The van der Waals surface area contributed by atoms with Crippen LogP contribution in [0.5, 0.6) is 0 Å². The maximum atomic E-state index is 13.6. The first-order valence-electron chi connectivity index (χ1n) is 7.21. The largest absolute Gasteiger partial charge is 0.322 e. The predicted octanol–water partition coefficient (Wildman–Crippen LogP) is 3.55. The average Bonchev–Trinajstić information content (AvgIpc) is 3.02. The second-order valence-electron chi connectivity index (χ2n) is 5.48. The first kappa shape index (κ1) is 16.0. The van der Waals surface area contributed by atoms with Gasteiger partial charge >= 0.3 is 0 Å². The van der Waals surface area contributed by atoms with Gasteiger partial charge in [-0.2, -0.15) is 0 Å². The van der Waals surface area contributed by atoms with Crippen molar-refractivity contribution >= 4 is 22.9 Å². The monoisotopic (exact) mass is 340 g/mol. The smallest absolute Gasteiger partial charge is 0.241 e. The molecule has 23 heavy (non-hydrogen) atoms. The minimum Gasteiger partial charge on any atom is -0.322 e. The number of halogens is 3. The number of nitrogens with zero attached hydrogens (tertiary/aromatic N) is 1. The van der Waals surface area contributed by atoms with Gasteiger partial charge in [-0.3, -0.25) is 9.69 Å². The standard InChI is InChI=1S/C16H15F3N2OS/c1-9(21-6-4-13-10(8-21)5-7-23-13)16(22)20-12-3-2-11(17)14(18)15(12)19/h2-3,5,7,9H,4,6,8H2,1H3,(H,20,22). The van der Waals surface area contributed by atoms with E-state index in [2.05, 4.69) is 5.32 Å². The van der Waals surface area contributed by atoms with Crippen LogP contribution in [0, 0.1) is 17.5 Å². The fraction of sp³-hybridized carbons (Fsp3) is 0.312. The molecular weight excluding hydrogens is 325 g/mol. The van der Waals surface area contributed by atoms with Gasteiger partial charge in [0.15, 0.2) is 17.5 Å². The highest BCUT2D eigenvalue weighted by atomic mass is 32.1. The van der Waals surface area contributed by atoms with Gasteiger partial charge in [0.05, 0.1) is 11.7 Å². The van der Waals surface area contributed by atoms with Gasteiger partial charge in [-0.1, -0.05) is 0 Å². The predicted molar refractivity (Wildman–Crippen MR) is 82.8 cm³/mol. The van der Waals surface area contributed by atoms with Crippen molar-refractivity contribution < 1.29 is 18.0 Å². The van der Waals surface area contributed by atoms with Gasteiger partial charge in [-0.25, -0.2) is 13.2 Å². The third-order valence-electron chi connectivity index (χ3n) is 4.06. The van der Waals surface area contributed by atoms with Crippen molar-refractivity contribution in [3.8, 4) is 0 Å². The number of carbonyl (C=O) groups excluding carboxylic acids is 1. The molecule has 1 unspecified atom stereocenters. The lowest BCUT2D eigenvalue weighted by Gasteiger charge is -2.31. The zero-order valence-corrected chi connectivity index (χ0v) is 13.2. The molecule has 0 fully saturated rings. The van der Waals surface area contributed by atoms with Gasteiger partial charge in [0.1, 0.15) is 0 Å². The summed E-state index contributed by atoms with van der Waals surface area (Å²) in [5, 5.41) is 4.36. The fourth-order valence-corrected chi connectivity index (χ4v) is 3.52. The van der Waals surface area contributed by atoms with E-state index in [0.29, 0.717) is 6.54 Å². The summed E-state index contributed by atoms with van der Waals surface area (Å²) in [5.41, 5.74) is 0.842. The van der Waals surface area contributed by atoms with Crippen LogP contribution >= 0.6 is 11.3 Å². The molecule has 1 amide bonds. The highest BCUT2D eigenvalue weighted by Crippen LogP contribution is 2.26. The van der Waals surface area contributed by atoms with Gasteiger partial charge in [-0.15, -0.1) is 11.3 Å². The van der Waals surface area contributed by atoms with Crippen LogP contribution in [0.15, 0.2) is 23.6 Å². The first-order chi connectivity index (χ1) is 11.0. The summed E-state index contributed by atoms with van der Waals surface area (Å²) in [6, 6.07) is 3.34. The molecule has 7 heteroatoms. The van der Waals surface area contributed by atoms with E-state index in [1.54, 1.807) is 18.3 Å². The van der Waals surface area contributed by atoms with Crippen LogP contribution in [0.3, 0.4) is 0 Å². The van der Waals surface area contributed by atoms with Crippen molar-refractivity contribution in [1.82, 2.24) is 4.90 Å². The molecule has 1 aliphatic heterocycles. The zero-order valence-electron chi connectivity index (χ0n) is 12.4. The van der Waals surface area contributed by atoms with Crippen LogP contribution in [-0.2, 0) is 17.8 Å². The van der Waals surface area contributed by atoms with Gasteiger partial charge in [0, 0.05) is 18.0 Å². The van der Waals surface area contributed by atoms with Gasteiger partial charge in [0.25, 0.3) is 0 Å². The molecule has 0 saturated heterocycles. The summed E-state index contributed by atoms with van der Waals surface area (Å²) in [6.45, 7) is 3.08. The van der Waals surface area contributed by atoms with E-state index in [-0.39, 0.29) is 5.69 Å². The van der Waals surface area contributed by atoms with Crippen molar-refractivity contribution in [1.29, 1.82) is 0 Å². The van der Waals surface area contributed by atoms with Crippen molar-refractivity contribution in [3.63, 3.8) is 0 Å². The molecule has 0 bridgehead atoms. The van der Waals surface area contributed by atoms with Crippen LogP contribution in [0.2, 0.25) is 0 Å². The van der Waals surface area contributed by atoms with Gasteiger partial charge in [-0.05, 0) is 42.5 Å². The summed E-state index contributed by atoms with van der Waals surface area (Å²) in [6.07, 6.45) is 0.865. The number of rotatable bonds is 3. The molecule has 0 spiro atoms. The number of anilines is 1. The lowest BCUT2D eigenvalue weighted by Crippen LogP contribution is -2.44. The number of fused-ring (bicyclic) bond motifs is 1. The van der Waals surface area contributed by atoms with Crippen LogP contribution in [0.1, 0.15) is 17.4 Å². The van der Waals surface area contributed by atoms with Crippen LogP contribution in [0.25, 0.3) is 0 Å². The lowest BCUT2D eigenvalue weighted by molar-refractivity contribution is -0.121. The number of amides is 1. The van der Waals surface area contributed by atoms with E-state index in [9.17, 15) is 18.0 Å². The van der Waals surface area contributed by atoms with Gasteiger partial charge < -0.3 is 5.32 Å². The SMILES string of the molecule is CC(C(=O)Nc1ccc(F)c(F)c1F)N1CCc2sccc2C1. The topological polar surface area (TPSA) is 32.3 Å². The van der Waals surface area contributed by atoms with Crippen molar-refractivity contribution in [3.05, 3.63) is 51.5 Å². The third-order valence-corrected chi connectivity index (χ3v) is 5.08. The molecule has 3 nitrogen and oxygen atoms in total. The number of carbonyl (C=O) groups is 1.